The average molecular weight is 370 g/mol. The van der Waals surface area contributed by atoms with Gasteiger partial charge in [0.05, 0.1) is 6.42 Å². The minimum Gasteiger partial charge on any atom is -0.355 e. The Morgan fingerprint density at radius 3 is 2.26 bits per heavy atom. The van der Waals surface area contributed by atoms with Gasteiger partial charge >= 0.3 is 0 Å². The van der Waals surface area contributed by atoms with Crippen LogP contribution in [0, 0.1) is 12.7 Å². The highest BCUT2D eigenvalue weighted by molar-refractivity contribution is 5.88. The van der Waals surface area contributed by atoms with E-state index in [0.717, 1.165) is 11.1 Å². The molecular weight excluding hydrogens is 343 g/mol. The Labute approximate surface area is 160 Å². The summed E-state index contributed by atoms with van der Waals surface area (Å²) < 4.78 is 14.0. The van der Waals surface area contributed by atoms with E-state index in [-0.39, 0.29) is 18.2 Å². The Balaban J connectivity index is 2.32. The summed E-state index contributed by atoms with van der Waals surface area (Å²) in [6.07, 6.45) is 0.412. The summed E-state index contributed by atoms with van der Waals surface area (Å²) in [7, 11) is 0. The van der Waals surface area contributed by atoms with Gasteiger partial charge in [0.15, 0.2) is 0 Å². The number of nitrogens with zero attached hydrogens (tertiary/aromatic N) is 1. The summed E-state index contributed by atoms with van der Waals surface area (Å²) in [6.45, 7) is 6.51. The van der Waals surface area contributed by atoms with Crippen molar-refractivity contribution < 1.29 is 14.0 Å². The molecule has 0 fully saturated rings. The molecule has 1 atom stereocenters. The lowest BCUT2D eigenvalue weighted by Crippen LogP contribution is -2.49. The lowest BCUT2D eigenvalue weighted by atomic mass is 10.0. The predicted molar refractivity (Wildman–Crippen MR) is 105 cm³/mol. The number of nitrogens with one attached hydrogen (secondary N) is 1. The molecule has 0 aliphatic rings. The molecule has 0 heterocycles. The van der Waals surface area contributed by atoms with Crippen molar-refractivity contribution in [2.75, 3.05) is 6.54 Å². The molecule has 5 heteroatoms. The Bertz CT molecular complexity index is 791. The van der Waals surface area contributed by atoms with Gasteiger partial charge in [-0.25, -0.2) is 4.39 Å². The number of rotatable bonds is 8. The average Bonchev–Trinajstić information content (AvgIpc) is 2.65. The van der Waals surface area contributed by atoms with Crippen LogP contribution in [0.15, 0.2) is 48.5 Å². The van der Waals surface area contributed by atoms with Gasteiger partial charge < -0.3 is 10.2 Å². The molecule has 0 unspecified atom stereocenters. The zero-order chi connectivity index (χ0) is 19.8. The van der Waals surface area contributed by atoms with Crippen molar-refractivity contribution in [3.05, 3.63) is 71.0 Å². The summed E-state index contributed by atoms with van der Waals surface area (Å²) >= 11 is 0. The van der Waals surface area contributed by atoms with Crippen molar-refractivity contribution in [2.24, 2.45) is 0 Å². The molecule has 0 aliphatic heterocycles. The summed E-state index contributed by atoms with van der Waals surface area (Å²) in [5.41, 5.74) is 2.36. The smallest absolute Gasteiger partial charge is 0.242 e. The first-order valence-electron chi connectivity index (χ1n) is 9.33. The molecule has 27 heavy (non-hydrogen) atoms. The van der Waals surface area contributed by atoms with Crippen LogP contribution in [-0.4, -0.2) is 29.3 Å². The molecule has 0 radical (unpaired) electrons. The first-order chi connectivity index (χ1) is 13.0. The number of benzene rings is 2. The maximum atomic E-state index is 14.0. The van der Waals surface area contributed by atoms with Crippen LogP contribution >= 0.6 is 0 Å². The fourth-order valence-corrected chi connectivity index (χ4v) is 3.09. The maximum Gasteiger partial charge on any atom is 0.242 e. The van der Waals surface area contributed by atoms with Gasteiger partial charge in [0.2, 0.25) is 11.8 Å². The molecule has 0 saturated heterocycles. The Morgan fingerprint density at radius 2 is 1.67 bits per heavy atom. The second-order valence-corrected chi connectivity index (χ2v) is 6.53. The van der Waals surface area contributed by atoms with E-state index >= 15 is 0 Å². The van der Waals surface area contributed by atoms with Crippen LogP contribution in [0.4, 0.5) is 4.39 Å². The van der Waals surface area contributed by atoms with Crippen LogP contribution in [0.3, 0.4) is 0 Å². The summed E-state index contributed by atoms with van der Waals surface area (Å²) in [4.78, 5) is 27.2. The number of aryl methyl sites for hydroxylation is 1. The molecule has 0 spiro atoms. The molecule has 2 aromatic carbocycles. The van der Waals surface area contributed by atoms with Crippen LogP contribution in [0.1, 0.15) is 37.0 Å². The molecule has 1 N–H and O–H groups in total. The summed E-state index contributed by atoms with van der Waals surface area (Å²) in [6, 6.07) is 13.4. The van der Waals surface area contributed by atoms with Gasteiger partial charge in [0.25, 0.3) is 0 Å². The van der Waals surface area contributed by atoms with Gasteiger partial charge in [-0.2, -0.15) is 0 Å². The van der Waals surface area contributed by atoms with E-state index in [1.54, 1.807) is 23.1 Å². The third-order valence-electron chi connectivity index (χ3n) is 4.64. The zero-order valence-corrected chi connectivity index (χ0v) is 16.2. The van der Waals surface area contributed by atoms with Gasteiger partial charge in [-0.3, -0.25) is 9.59 Å². The Kier molecular flexibility index (Phi) is 7.53. The van der Waals surface area contributed by atoms with E-state index in [1.807, 2.05) is 45.0 Å². The van der Waals surface area contributed by atoms with Crippen LogP contribution in [-0.2, 0) is 22.6 Å². The molecule has 144 valence electrons. The van der Waals surface area contributed by atoms with Crippen molar-refractivity contribution >= 4 is 11.8 Å². The molecule has 4 nitrogen and oxygen atoms in total. The number of carbonyl (C=O) groups is 2. The summed E-state index contributed by atoms with van der Waals surface area (Å²) in [5, 5.41) is 2.80. The molecule has 2 rings (SSSR count). The molecule has 0 aromatic heterocycles. The van der Waals surface area contributed by atoms with Gasteiger partial charge in [-0.1, -0.05) is 49.4 Å². The van der Waals surface area contributed by atoms with Crippen LogP contribution in [0.25, 0.3) is 0 Å². The largest absolute Gasteiger partial charge is 0.355 e. The number of halogens is 1. The van der Waals surface area contributed by atoms with E-state index < -0.39 is 11.9 Å². The second-order valence-electron chi connectivity index (χ2n) is 6.53. The molecule has 0 aliphatic carbocycles. The van der Waals surface area contributed by atoms with Crippen molar-refractivity contribution in [1.29, 1.82) is 0 Å². The maximum absolute atomic E-state index is 14.0. The Morgan fingerprint density at radius 1 is 1.04 bits per heavy atom. The Hall–Kier alpha value is -2.69. The molecule has 2 aromatic rings. The van der Waals surface area contributed by atoms with E-state index in [9.17, 15) is 14.0 Å². The van der Waals surface area contributed by atoms with Crippen molar-refractivity contribution in [3.8, 4) is 0 Å². The lowest BCUT2D eigenvalue weighted by molar-refractivity contribution is -0.140. The van der Waals surface area contributed by atoms with Crippen molar-refractivity contribution in [2.45, 2.75) is 46.2 Å². The van der Waals surface area contributed by atoms with E-state index in [0.29, 0.717) is 25.1 Å². The van der Waals surface area contributed by atoms with Gasteiger partial charge in [-0.05, 0) is 43.0 Å². The first kappa shape index (κ1) is 20.6. The first-order valence-corrected chi connectivity index (χ1v) is 9.33. The van der Waals surface area contributed by atoms with Crippen molar-refractivity contribution in [1.82, 2.24) is 10.2 Å². The number of likely N-dealkylation sites (N-methyl/N-ethyl adjacent to an activating group) is 1. The standard InChI is InChI=1S/C22H27FN2O2/c1-4-20(22(27)24-5-2)25(15-18-12-7-6-10-16(18)3)21(26)14-17-11-8-9-13-19(17)23/h6-13,20H,4-5,14-15H2,1-3H3,(H,24,27)/t20-/m0/s1. The number of hydrogen-bond donors (Lipinski definition) is 1. The van der Waals surface area contributed by atoms with Crippen LogP contribution in [0.2, 0.25) is 0 Å². The SMILES string of the molecule is CCNC(=O)[C@H](CC)N(Cc1ccccc1C)C(=O)Cc1ccccc1F. The fraction of sp³-hybridized carbons (Fsp3) is 0.364. The topological polar surface area (TPSA) is 49.4 Å². The van der Waals surface area contributed by atoms with Crippen LogP contribution < -0.4 is 5.32 Å². The quantitative estimate of drug-likeness (QED) is 0.772. The summed E-state index contributed by atoms with van der Waals surface area (Å²) in [5.74, 6) is -0.857. The fourth-order valence-electron chi connectivity index (χ4n) is 3.09. The minimum atomic E-state index is -0.594. The molecule has 0 bridgehead atoms. The molecular formula is C22H27FN2O2. The highest BCUT2D eigenvalue weighted by atomic mass is 19.1. The predicted octanol–water partition coefficient (Wildman–Crippen LogP) is 3.62. The van der Waals surface area contributed by atoms with E-state index in [2.05, 4.69) is 5.32 Å². The monoisotopic (exact) mass is 370 g/mol. The van der Waals surface area contributed by atoms with E-state index in [1.165, 1.54) is 6.07 Å². The second kappa shape index (κ2) is 9.86. The highest BCUT2D eigenvalue weighted by Crippen LogP contribution is 2.18. The minimum absolute atomic E-state index is 0.0749. The number of hydrogen-bond acceptors (Lipinski definition) is 2. The highest BCUT2D eigenvalue weighted by Gasteiger charge is 2.29. The van der Waals surface area contributed by atoms with Crippen molar-refractivity contribution in [3.63, 3.8) is 0 Å². The lowest BCUT2D eigenvalue weighted by Gasteiger charge is -2.31. The number of carbonyl (C=O) groups excluding carboxylic acids is 2. The van der Waals surface area contributed by atoms with Gasteiger partial charge in [0.1, 0.15) is 11.9 Å². The van der Waals surface area contributed by atoms with Gasteiger partial charge in [0, 0.05) is 13.1 Å². The number of amides is 2. The van der Waals surface area contributed by atoms with E-state index in [4.69, 9.17) is 0 Å². The zero-order valence-electron chi connectivity index (χ0n) is 16.2. The third-order valence-corrected chi connectivity index (χ3v) is 4.64. The molecule has 0 saturated carbocycles. The molecule has 2 amide bonds. The van der Waals surface area contributed by atoms with Gasteiger partial charge in [-0.15, -0.1) is 0 Å². The van der Waals surface area contributed by atoms with Crippen LogP contribution in [0.5, 0.6) is 0 Å². The third kappa shape index (κ3) is 5.39. The normalized spacial score (nSPS) is 11.7.